The molecule has 1 aromatic heterocycles. The van der Waals surface area contributed by atoms with Crippen LogP contribution < -0.4 is 5.73 Å². The Hall–Kier alpha value is -3.16. The van der Waals surface area contributed by atoms with Gasteiger partial charge in [-0.2, -0.15) is 13.2 Å². The van der Waals surface area contributed by atoms with Crippen LogP contribution in [-0.2, 0) is 6.18 Å². The molecule has 0 bridgehead atoms. The Balaban J connectivity index is 2.15. The van der Waals surface area contributed by atoms with Crippen molar-refractivity contribution in [3.63, 3.8) is 0 Å². The lowest BCUT2D eigenvalue weighted by atomic mass is 10.1. The van der Waals surface area contributed by atoms with Crippen LogP contribution >= 0.6 is 0 Å². The molecule has 4 nitrogen and oxygen atoms in total. The Bertz CT molecular complexity index is 913. The van der Waals surface area contributed by atoms with Crippen molar-refractivity contribution < 1.29 is 22.4 Å². The summed E-state index contributed by atoms with van der Waals surface area (Å²) in [4.78, 5) is 14.8. The summed E-state index contributed by atoms with van der Waals surface area (Å²) < 4.78 is 53.5. The third kappa shape index (κ3) is 3.37. The molecule has 3 rings (SSSR count). The number of alkyl halides is 3. The average Bonchev–Trinajstić information content (AvgIpc) is 3.01. The molecule has 0 atom stereocenters. The van der Waals surface area contributed by atoms with Crippen molar-refractivity contribution in [3.8, 4) is 17.1 Å². The highest BCUT2D eigenvalue weighted by molar-refractivity contribution is 5.92. The van der Waals surface area contributed by atoms with Gasteiger partial charge in [-0.15, -0.1) is 0 Å². The van der Waals surface area contributed by atoms with Gasteiger partial charge in [-0.1, -0.05) is 0 Å². The van der Waals surface area contributed by atoms with Crippen molar-refractivity contribution >= 4 is 5.91 Å². The summed E-state index contributed by atoms with van der Waals surface area (Å²) in [6, 6.07) is 10.7. The van der Waals surface area contributed by atoms with Crippen molar-refractivity contribution in [3.05, 3.63) is 71.8 Å². The third-order valence-electron chi connectivity index (χ3n) is 3.53. The second-order valence-electron chi connectivity index (χ2n) is 5.24. The number of amides is 1. The zero-order valence-corrected chi connectivity index (χ0v) is 12.6. The summed E-state index contributed by atoms with van der Waals surface area (Å²) in [5, 5.41) is 0. The lowest BCUT2D eigenvalue weighted by molar-refractivity contribution is -0.140. The minimum Gasteiger partial charge on any atom is -0.366 e. The number of benzene rings is 2. The van der Waals surface area contributed by atoms with Gasteiger partial charge in [0.15, 0.2) is 5.69 Å². The molecule has 2 N–H and O–H groups in total. The molecule has 0 aliphatic rings. The smallest absolute Gasteiger partial charge is 0.366 e. The number of rotatable bonds is 3. The highest BCUT2D eigenvalue weighted by Crippen LogP contribution is 2.32. The largest absolute Gasteiger partial charge is 0.434 e. The topological polar surface area (TPSA) is 60.9 Å². The summed E-state index contributed by atoms with van der Waals surface area (Å²) in [7, 11) is 0. The van der Waals surface area contributed by atoms with Gasteiger partial charge in [0.05, 0.1) is 0 Å². The van der Waals surface area contributed by atoms with E-state index in [1.807, 2.05) is 0 Å². The first-order chi connectivity index (χ1) is 11.8. The lowest BCUT2D eigenvalue weighted by Crippen LogP contribution is -2.10. The van der Waals surface area contributed by atoms with Crippen molar-refractivity contribution in [1.82, 2.24) is 9.55 Å². The van der Waals surface area contributed by atoms with Gasteiger partial charge in [0.25, 0.3) is 0 Å². The van der Waals surface area contributed by atoms with Gasteiger partial charge in [0, 0.05) is 23.0 Å². The van der Waals surface area contributed by atoms with E-state index < -0.39 is 23.6 Å². The Morgan fingerprint density at radius 2 is 1.60 bits per heavy atom. The molecular formula is C17H11F4N3O. The molecule has 1 amide bonds. The maximum Gasteiger partial charge on any atom is 0.434 e. The van der Waals surface area contributed by atoms with Gasteiger partial charge >= 0.3 is 6.18 Å². The number of halogens is 4. The van der Waals surface area contributed by atoms with Gasteiger partial charge in [-0.3, -0.25) is 9.36 Å². The molecule has 0 aliphatic heterocycles. The fourth-order valence-electron chi connectivity index (χ4n) is 2.30. The molecule has 1 heterocycles. The standard InChI is InChI=1S/C17H11F4N3O/c18-12-5-1-11(2-6-12)16-23-14(17(19,20)21)9-24(16)13-7-3-10(4-8-13)15(22)25/h1-9H,(H2,22,25). The van der Waals surface area contributed by atoms with Crippen LogP contribution in [-0.4, -0.2) is 15.5 Å². The van der Waals surface area contributed by atoms with Crippen LogP contribution in [0.3, 0.4) is 0 Å². The van der Waals surface area contributed by atoms with E-state index in [9.17, 15) is 22.4 Å². The average molecular weight is 349 g/mol. The molecule has 2 aromatic carbocycles. The predicted molar refractivity (Wildman–Crippen MR) is 82.5 cm³/mol. The number of aromatic nitrogens is 2. The fraction of sp³-hybridized carbons (Fsp3) is 0.0588. The number of nitrogens with two attached hydrogens (primary N) is 1. The van der Waals surface area contributed by atoms with Gasteiger partial charge in [-0.25, -0.2) is 9.37 Å². The summed E-state index contributed by atoms with van der Waals surface area (Å²) >= 11 is 0. The molecule has 25 heavy (non-hydrogen) atoms. The van der Waals surface area contributed by atoms with E-state index in [4.69, 9.17) is 5.73 Å². The summed E-state index contributed by atoms with van der Waals surface area (Å²) in [6.07, 6.45) is -3.79. The Kier molecular flexibility index (Phi) is 4.03. The molecule has 0 aliphatic carbocycles. The van der Waals surface area contributed by atoms with Gasteiger partial charge < -0.3 is 5.73 Å². The van der Waals surface area contributed by atoms with Gasteiger partial charge in [0.2, 0.25) is 5.91 Å². The number of carbonyl (C=O) groups excluding carboxylic acids is 1. The second kappa shape index (κ2) is 6.04. The first-order valence-electron chi connectivity index (χ1n) is 7.08. The molecule has 0 fully saturated rings. The van der Waals surface area contributed by atoms with Gasteiger partial charge in [0.1, 0.15) is 11.6 Å². The Labute approximate surface area is 139 Å². The van der Waals surface area contributed by atoms with E-state index in [1.54, 1.807) is 0 Å². The van der Waals surface area contributed by atoms with E-state index in [2.05, 4.69) is 4.98 Å². The van der Waals surface area contributed by atoms with Crippen molar-refractivity contribution in [1.29, 1.82) is 0 Å². The summed E-state index contributed by atoms with van der Waals surface area (Å²) in [5.74, 6) is -1.16. The highest BCUT2D eigenvalue weighted by Gasteiger charge is 2.35. The molecule has 8 heteroatoms. The van der Waals surface area contributed by atoms with Crippen LogP contribution in [0.25, 0.3) is 17.1 Å². The van der Waals surface area contributed by atoms with Gasteiger partial charge in [-0.05, 0) is 48.5 Å². The van der Waals surface area contributed by atoms with E-state index in [0.717, 1.165) is 18.3 Å². The van der Waals surface area contributed by atoms with E-state index in [1.165, 1.54) is 41.0 Å². The number of hydrogen-bond acceptors (Lipinski definition) is 2. The second-order valence-corrected chi connectivity index (χ2v) is 5.24. The number of imidazole rings is 1. The van der Waals surface area contributed by atoms with Crippen molar-refractivity contribution in [2.24, 2.45) is 5.73 Å². The fourth-order valence-corrected chi connectivity index (χ4v) is 2.30. The van der Waals surface area contributed by atoms with E-state index in [0.29, 0.717) is 11.3 Å². The van der Waals surface area contributed by atoms with Crippen LogP contribution in [0, 0.1) is 5.82 Å². The van der Waals surface area contributed by atoms with Crippen LogP contribution in [0.15, 0.2) is 54.7 Å². The minimum atomic E-state index is -4.63. The quantitative estimate of drug-likeness (QED) is 0.731. The Morgan fingerprint density at radius 3 is 2.12 bits per heavy atom. The number of nitrogens with zero attached hydrogens (tertiary/aromatic N) is 2. The maximum atomic E-state index is 13.1. The van der Waals surface area contributed by atoms with Crippen molar-refractivity contribution in [2.75, 3.05) is 0 Å². The molecule has 0 spiro atoms. The first kappa shape index (κ1) is 16.7. The van der Waals surface area contributed by atoms with Crippen LogP contribution in [0.1, 0.15) is 16.1 Å². The molecule has 0 radical (unpaired) electrons. The van der Waals surface area contributed by atoms with Crippen LogP contribution in [0.5, 0.6) is 0 Å². The first-order valence-corrected chi connectivity index (χ1v) is 7.08. The number of carbonyl (C=O) groups is 1. The molecule has 0 saturated heterocycles. The molecular weight excluding hydrogens is 338 g/mol. The molecule has 0 saturated carbocycles. The third-order valence-corrected chi connectivity index (χ3v) is 3.53. The number of hydrogen-bond donors (Lipinski definition) is 1. The summed E-state index contributed by atoms with van der Waals surface area (Å²) in [5.41, 5.74) is 4.97. The molecule has 3 aromatic rings. The zero-order valence-electron chi connectivity index (χ0n) is 12.6. The normalized spacial score (nSPS) is 11.5. The monoisotopic (exact) mass is 349 g/mol. The lowest BCUT2D eigenvalue weighted by Gasteiger charge is -2.08. The molecule has 128 valence electrons. The van der Waals surface area contributed by atoms with Crippen LogP contribution in [0.4, 0.5) is 17.6 Å². The van der Waals surface area contributed by atoms with E-state index >= 15 is 0 Å². The van der Waals surface area contributed by atoms with E-state index in [-0.39, 0.29) is 11.4 Å². The minimum absolute atomic E-state index is 0.000787. The SMILES string of the molecule is NC(=O)c1ccc(-n2cc(C(F)(F)F)nc2-c2ccc(F)cc2)cc1. The Morgan fingerprint density at radius 1 is 1.00 bits per heavy atom. The predicted octanol–water partition coefficient (Wildman–Crippen LogP) is 3.80. The summed E-state index contributed by atoms with van der Waals surface area (Å²) in [6.45, 7) is 0. The zero-order chi connectivity index (χ0) is 18.2. The van der Waals surface area contributed by atoms with Crippen LogP contribution in [0.2, 0.25) is 0 Å². The molecule has 0 unspecified atom stereocenters. The maximum absolute atomic E-state index is 13.1. The highest BCUT2D eigenvalue weighted by atomic mass is 19.4. The van der Waals surface area contributed by atoms with Crippen molar-refractivity contribution in [2.45, 2.75) is 6.18 Å². The number of primary amides is 1.